The third-order valence-electron chi connectivity index (χ3n) is 1.84. The van der Waals surface area contributed by atoms with Crippen LogP contribution in [0.3, 0.4) is 0 Å². The van der Waals surface area contributed by atoms with Gasteiger partial charge in [0, 0.05) is 0 Å². The van der Waals surface area contributed by atoms with Gasteiger partial charge in [0.15, 0.2) is 0 Å². The Morgan fingerprint density at radius 1 is 1.09 bits per heavy atom. The van der Waals surface area contributed by atoms with Crippen LogP contribution >= 0.6 is 0 Å². The first kappa shape index (κ1) is 10.5. The molecule has 0 N–H and O–H groups in total. The van der Waals surface area contributed by atoms with Gasteiger partial charge in [-0.1, -0.05) is 31.2 Å². The Morgan fingerprint density at radius 3 is 2.27 bits per heavy atom. The molecule has 64 valence electrons. The Balaban J connectivity index is 3.29. The quantitative estimate of drug-likeness (QED) is 0.523. The highest BCUT2D eigenvalue weighted by atomic mass is 14.0. The SMILES string of the molecule is CC=CCCC(C)CC=CC. The summed E-state index contributed by atoms with van der Waals surface area (Å²) in [4.78, 5) is 0. The van der Waals surface area contributed by atoms with Crippen molar-refractivity contribution in [3.05, 3.63) is 24.3 Å². The van der Waals surface area contributed by atoms with Gasteiger partial charge in [0.1, 0.15) is 0 Å². The zero-order chi connectivity index (χ0) is 8.53. The lowest BCUT2D eigenvalue weighted by Gasteiger charge is -2.04. The predicted octanol–water partition coefficient (Wildman–Crippen LogP) is 3.95. The average molecular weight is 152 g/mol. The molecule has 0 aliphatic rings. The molecule has 0 saturated heterocycles. The van der Waals surface area contributed by atoms with Crippen LogP contribution in [0.4, 0.5) is 0 Å². The van der Waals surface area contributed by atoms with E-state index in [1.807, 2.05) is 0 Å². The molecule has 0 nitrogen and oxygen atoms in total. The maximum Gasteiger partial charge on any atom is -0.0325 e. The molecule has 0 aromatic heterocycles. The van der Waals surface area contributed by atoms with Crippen LogP contribution in [0.1, 0.15) is 40.0 Å². The number of allylic oxidation sites excluding steroid dienone is 4. The third kappa shape index (κ3) is 7.38. The largest absolute Gasteiger partial charge is 0.0917 e. The molecule has 0 fully saturated rings. The van der Waals surface area contributed by atoms with Crippen molar-refractivity contribution >= 4 is 0 Å². The zero-order valence-electron chi connectivity index (χ0n) is 8.01. The third-order valence-corrected chi connectivity index (χ3v) is 1.84. The normalized spacial score (nSPS) is 14.8. The fourth-order valence-electron chi connectivity index (χ4n) is 1.03. The highest BCUT2D eigenvalue weighted by Crippen LogP contribution is 2.10. The lowest BCUT2D eigenvalue weighted by Crippen LogP contribution is -1.90. The Hall–Kier alpha value is -0.520. The molecule has 1 unspecified atom stereocenters. The number of rotatable bonds is 5. The first-order valence-corrected chi connectivity index (χ1v) is 4.53. The summed E-state index contributed by atoms with van der Waals surface area (Å²) in [6.45, 7) is 6.47. The highest BCUT2D eigenvalue weighted by Gasteiger charge is 1.95. The molecule has 1 atom stereocenters. The van der Waals surface area contributed by atoms with Crippen molar-refractivity contribution in [1.82, 2.24) is 0 Å². The van der Waals surface area contributed by atoms with E-state index in [0.717, 1.165) is 5.92 Å². The van der Waals surface area contributed by atoms with Crippen LogP contribution in [0, 0.1) is 5.92 Å². The van der Waals surface area contributed by atoms with E-state index in [9.17, 15) is 0 Å². The van der Waals surface area contributed by atoms with Gasteiger partial charge < -0.3 is 0 Å². The van der Waals surface area contributed by atoms with Gasteiger partial charge in [-0.2, -0.15) is 0 Å². The summed E-state index contributed by atoms with van der Waals surface area (Å²) in [7, 11) is 0. The van der Waals surface area contributed by atoms with E-state index < -0.39 is 0 Å². The molecule has 0 saturated carbocycles. The van der Waals surface area contributed by atoms with Crippen molar-refractivity contribution in [2.45, 2.75) is 40.0 Å². The van der Waals surface area contributed by atoms with Crippen molar-refractivity contribution < 1.29 is 0 Å². The maximum absolute atomic E-state index is 2.31. The van der Waals surface area contributed by atoms with Crippen molar-refractivity contribution in [3.8, 4) is 0 Å². The summed E-state index contributed by atoms with van der Waals surface area (Å²) in [5, 5.41) is 0. The fraction of sp³-hybridized carbons (Fsp3) is 0.636. The van der Waals surface area contributed by atoms with E-state index in [4.69, 9.17) is 0 Å². The summed E-state index contributed by atoms with van der Waals surface area (Å²) in [6.07, 6.45) is 12.5. The molecule has 0 aromatic carbocycles. The molecule has 0 aliphatic heterocycles. The van der Waals surface area contributed by atoms with Gasteiger partial charge in [-0.05, 0) is 39.0 Å². The van der Waals surface area contributed by atoms with Gasteiger partial charge in [0.2, 0.25) is 0 Å². The van der Waals surface area contributed by atoms with Crippen LogP contribution in [-0.2, 0) is 0 Å². The van der Waals surface area contributed by atoms with Crippen LogP contribution < -0.4 is 0 Å². The molecule has 0 radical (unpaired) electrons. The second-order valence-electron chi connectivity index (χ2n) is 3.06. The van der Waals surface area contributed by atoms with E-state index in [0.29, 0.717) is 0 Å². The lowest BCUT2D eigenvalue weighted by molar-refractivity contribution is 0.546. The maximum atomic E-state index is 2.31. The molecule has 0 heterocycles. The topological polar surface area (TPSA) is 0 Å². The van der Waals surface area contributed by atoms with Crippen LogP contribution in [0.5, 0.6) is 0 Å². The zero-order valence-corrected chi connectivity index (χ0v) is 8.01. The van der Waals surface area contributed by atoms with E-state index >= 15 is 0 Å². The second kappa shape index (κ2) is 7.59. The summed E-state index contributed by atoms with van der Waals surface area (Å²) in [5.41, 5.74) is 0. The van der Waals surface area contributed by atoms with Crippen molar-refractivity contribution in [2.24, 2.45) is 5.92 Å². The van der Waals surface area contributed by atoms with Crippen LogP contribution in [0.25, 0.3) is 0 Å². The predicted molar refractivity (Wildman–Crippen MR) is 52.6 cm³/mol. The second-order valence-corrected chi connectivity index (χ2v) is 3.06. The highest BCUT2D eigenvalue weighted by molar-refractivity contribution is 4.81. The van der Waals surface area contributed by atoms with Gasteiger partial charge in [0.25, 0.3) is 0 Å². The molecule has 0 aromatic rings. The van der Waals surface area contributed by atoms with Crippen LogP contribution in [0.2, 0.25) is 0 Å². The lowest BCUT2D eigenvalue weighted by atomic mass is 10.0. The smallest absolute Gasteiger partial charge is 0.0325 e. The average Bonchev–Trinajstić information content (AvgIpc) is 2.01. The molecular formula is C11H20. The van der Waals surface area contributed by atoms with E-state index in [2.05, 4.69) is 45.1 Å². The van der Waals surface area contributed by atoms with Crippen LogP contribution in [0.15, 0.2) is 24.3 Å². The van der Waals surface area contributed by atoms with E-state index in [-0.39, 0.29) is 0 Å². The fourth-order valence-corrected chi connectivity index (χ4v) is 1.03. The first-order valence-electron chi connectivity index (χ1n) is 4.53. The van der Waals surface area contributed by atoms with Gasteiger partial charge in [-0.3, -0.25) is 0 Å². The summed E-state index contributed by atoms with van der Waals surface area (Å²) >= 11 is 0. The molecule has 11 heavy (non-hydrogen) atoms. The van der Waals surface area contributed by atoms with Gasteiger partial charge in [-0.15, -0.1) is 0 Å². The number of hydrogen-bond donors (Lipinski definition) is 0. The summed E-state index contributed by atoms with van der Waals surface area (Å²) < 4.78 is 0. The minimum atomic E-state index is 0.836. The minimum absolute atomic E-state index is 0.836. The molecule has 0 amide bonds. The van der Waals surface area contributed by atoms with Crippen molar-refractivity contribution in [1.29, 1.82) is 0 Å². The van der Waals surface area contributed by atoms with Gasteiger partial charge in [-0.25, -0.2) is 0 Å². The first-order chi connectivity index (χ1) is 5.31. The molecule has 0 heteroatoms. The Morgan fingerprint density at radius 2 is 1.73 bits per heavy atom. The van der Waals surface area contributed by atoms with Gasteiger partial charge >= 0.3 is 0 Å². The molecule has 0 bridgehead atoms. The van der Waals surface area contributed by atoms with Crippen molar-refractivity contribution in [3.63, 3.8) is 0 Å². The molecule has 0 aliphatic carbocycles. The van der Waals surface area contributed by atoms with Gasteiger partial charge in [0.05, 0.1) is 0 Å². The van der Waals surface area contributed by atoms with Crippen LogP contribution in [-0.4, -0.2) is 0 Å². The summed E-state index contributed by atoms with van der Waals surface area (Å²) in [6, 6.07) is 0. The standard InChI is InChI=1S/C11H20/c1-4-6-8-10-11(3)9-7-5-2/h4-7,11H,8-10H2,1-3H3. The minimum Gasteiger partial charge on any atom is -0.0917 e. The monoisotopic (exact) mass is 152 g/mol. The molecular weight excluding hydrogens is 132 g/mol. The Labute approximate surface area is 71.0 Å². The van der Waals surface area contributed by atoms with E-state index in [1.165, 1.54) is 19.3 Å². The summed E-state index contributed by atoms with van der Waals surface area (Å²) in [5.74, 6) is 0.836. The Kier molecular flexibility index (Phi) is 7.23. The molecule has 0 rings (SSSR count). The number of hydrogen-bond acceptors (Lipinski definition) is 0. The Bertz CT molecular complexity index is 120. The van der Waals surface area contributed by atoms with Crippen molar-refractivity contribution in [2.75, 3.05) is 0 Å². The molecule has 0 spiro atoms. The van der Waals surface area contributed by atoms with E-state index in [1.54, 1.807) is 0 Å².